The van der Waals surface area contributed by atoms with Gasteiger partial charge in [-0.15, -0.1) is 11.6 Å². The van der Waals surface area contributed by atoms with Crippen LogP contribution in [0.4, 0.5) is 63.7 Å². The maximum Gasteiger partial charge on any atom is 0.351 e. The molecule has 5 aromatic rings. The average molecular weight is 1710 g/mol. The molecule has 5 aliphatic rings. The number of nitrogens with one attached hydrogen (secondary N) is 6. The van der Waals surface area contributed by atoms with Crippen LogP contribution in [0.25, 0.3) is 0 Å². The summed E-state index contributed by atoms with van der Waals surface area (Å²) in [6.07, 6.45) is -16.8. The number of ether oxygens (including phenoxy) is 5. The van der Waals surface area contributed by atoms with Crippen LogP contribution in [0.3, 0.4) is 0 Å². The van der Waals surface area contributed by atoms with Crippen molar-refractivity contribution in [1.82, 2.24) is 79.1 Å². The number of urea groups is 2. The van der Waals surface area contributed by atoms with Crippen LogP contribution < -0.4 is 65.5 Å². The van der Waals surface area contributed by atoms with Gasteiger partial charge in [0.05, 0.1) is 17.3 Å². The largest absolute Gasteiger partial charge is 0.384 e. The van der Waals surface area contributed by atoms with E-state index in [1.165, 1.54) is 32.0 Å². The van der Waals surface area contributed by atoms with E-state index in [2.05, 4.69) is 56.2 Å². The van der Waals surface area contributed by atoms with Gasteiger partial charge in [-0.1, -0.05) is 47.0 Å². The van der Waals surface area contributed by atoms with Crippen molar-refractivity contribution in [3.05, 3.63) is 136 Å². The summed E-state index contributed by atoms with van der Waals surface area (Å²) < 4.78 is 209. The van der Waals surface area contributed by atoms with Crippen molar-refractivity contribution in [2.24, 2.45) is 0 Å². The number of rotatable bonds is 26. The van der Waals surface area contributed by atoms with Gasteiger partial charge in [0, 0.05) is 87.3 Å². The fourth-order valence-corrected chi connectivity index (χ4v) is 12.7. The lowest BCUT2D eigenvalue weighted by molar-refractivity contribution is -0.141. The predicted molar refractivity (Wildman–Crippen MR) is 383 cm³/mol. The van der Waals surface area contributed by atoms with Crippen LogP contribution in [-0.4, -0.2) is 242 Å². The zero-order chi connectivity index (χ0) is 86.0. The SMILES string of the molecule is CCCCCNC(=O)NC[C@H]1O[C@@H](n2ccc(C)nc2=O)C(F)(F)[C@@H]1O.CCCCNC[C@H]1O[C@@H](n2cc(F)c(C)nc2=O)C(F)(F)[C@@H]1O.CCCNC(=O)NC[C@H]1O[C@@H](n2ccc(N)nc2=O)C(F)(F)[C@@H]1O.CCCS(=O)(=O)NC[C@H]1O[C@@H](n2ccc(C)nc2=O)C(F)(F)[C@@H]1O.Cc1ccn([C@@H]2O[C@H](CCl)[C@@H](O)C2(F)F)c(=O)n1. The van der Waals surface area contributed by atoms with Gasteiger partial charge >= 0.3 is 70.1 Å². The number of unbranched alkanes of at least 4 members (excludes halogenated alkanes) is 3. The standard InChI is InChI=1S/C16H24F2N4O4.C14H20F3N3O3.C13H19F2N5O4.C13H19F2N3O5S.C10H11ClF2N2O3/c1-3-4-5-7-19-14(24)20-9-11-12(23)16(17,18)13(26-11)22-8-6-10(2)21-15(22)25;1-3-4-5-18-6-10-11(21)14(16,17)12(23-10)20-7-9(15)8(2)19-13(20)22;1-2-4-17-11(22)18-6-7-9(21)13(14,15)10(24-7)20-5-3-8(16)19-12(20)23;1-3-6-24(21,22)16-7-9-10(19)13(14,15)11(23-9)18-5-4-8(2)17-12(18)20;1-5-2-3-15(9(17)14-5)8-10(12,13)7(16)6(4-11)18-8/h6,8,11-13,23H,3-5,7,9H2,1-2H3,(H2,19,20,24);7,10-12,18,21H,3-6H2,1-2H3;3,5,7,9-10,21H,2,4,6H2,1H3,(H2,16,19,23)(H2,17,18,22);4-5,9-11,16,19H,3,6-7H2,1-2H3;2-3,6-8,16H,4H2,1H3/t11-,12-,13-;10-,11-,12-;7-,9-,10-;9-,10-,11-;6-,7-,8-/m11111/s1. The third-order valence-corrected chi connectivity index (χ3v) is 19.6. The minimum absolute atomic E-state index is 0.00375. The number of aliphatic hydroxyl groups excluding tert-OH is 5. The quantitative estimate of drug-likeness (QED) is 0.0213. The molecule has 4 amide bonds. The van der Waals surface area contributed by atoms with Gasteiger partial charge in [-0.2, -0.15) is 68.8 Å². The summed E-state index contributed by atoms with van der Waals surface area (Å²) in [4.78, 5) is 99.1. The van der Waals surface area contributed by atoms with Crippen LogP contribution in [0.5, 0.6) is 0 Å². The lowest BCUT2D eigenvalue weighted by atomic mass is 10.1. The van der Waals surface area contributed by atoms with E-state index in [-0.39, 0.29) is 42.8 Å². The molecule has 115 heavy (non-hydrogen) atoms. The molecule has 10 heterocycles. The normalized spacial score (nSPS) is 26.5. The van der Waals surface area contributed by atoms with E-state index in [1.54, 1.807) is 20.8 Å². The smallest absolute Gasteiger partial charge is 0.351 e. The number of aliphatic hydroxyl groups is 5. The van der Waals surface area contributed by atoms with Gasteiger partial charge in [-0.25, -0.2) is 51.1 Å². The molecule has 0 saturated carbocycles. The van der Waals surface area contributed by atoms with Gasteiger partial charge < -0.3 is 81.5 Å². The van der Waals surface area contributed by atoms with E-state index in [0.717, 1.165) is 63.0 Å². The number of sulfonamides is 1. The van der Waals surface area contributed by atoms with E-state index in [4.69, 9.17) is 41.0 Å². The van der Waals surface area contributed by atoms with Crippen LogP contribution in [0.2, 0.25) is 0 Å². The topological polar surface area (TPSA) is 488 Å². The fraction of sp³-hybridized carbons (Fsp3) is 0.667. The molecule has 5 saturated heterocycles. The van der Waals surface area contributed by atoms with E-state index in [0.29, 0.717) is 78.6 Å². The second-order valence-electron chi connectivity index (χ2n) is 26.8. The fourth-order valence-electron chi connectivity index (χ4n) is 11.4. The molecule has 5 aromatic heterocycles. The molecule has 36 nitrogen and oxygen atoms in total. The number of amides is 4. The number of nitrogens with two attached hydrogens (primary N) is 1. The molecule has 5 aliphatic heterocycles. The monoisotopic (exact) mass is 1700 g/mol. The second-order valence-corrected chi connectivity index (χ2v) is 29.0. The number of nitrogens with zero attached hydrogens (tertiary/aromatic N) is 10. The molecule has 10 rings (SSSR count). The van der Waals surface area contributed by atoms with Crippen molar-refractivity contribution in [2.45, 2.75) is 222 Å². The number of carbonyl (C=O) groups excluding carboxylic acids is 2. The minimum atomic E-state index is -3.78. The van der Waals surface area contributed by atoms with Gasteiger partial charge in [0.25, 0.3) is 0 Å². The maximum absolute atomic E-state index is 14.3. The van der Waals surface area contributed by atoms with Crippen LogP contribution >= 0.6 is 11.6 Å². The van der Waals surface area contributed by atoms with Crippen molar-refractivity contribution in [3.63, 3.8) is 0 Å². The Morgan fingerprint density at radius 3 is 1.17 bits per heavy atom. The van der Waals surface area contributed by atoms with Crippen LogP contribution in [0.1, 0.15) is 127 Å². The first-order valence-corrected chi connectivity index (χ1v) is 38.1. The van der Waals surface area contributed by atoms with Crippen molar-refractivity contribution < 1.29 is 116 Å². The summed E-state index contributed by atoms with van der Waals surface area (Å²) in [5.74, 6) is -20.0. The lowest BCUT2D eigenvalue weighted by Gasteiger charge is -2.21. The summed E-state index contributed by atoms with van der Waals surface area (Å²) in [5, 5.41) is 61.3. The molecule has 0 aromatic carbocycles. The molecule has 15 atom stereocenters. The molecule has 646 valence electrons. The molecule has 0 bridgehead atoms. The highest BCUT2D eigenvalue weighted by atomic mass is 35.5. The van der Waals surface area contributed by atoms with Gasteiger partial charge in [-0.3, -0.25) is 22.8 Å². The number of anilines is 1. The highest BCUT2D eigenvalue weighted by Gasteiger charge is 2.64. The van der Waals surface area contributed by atoms with Crippen molar-refractivity contribution in [3.8, 4) is 0 Å². The van der Waals surface area contributed by atoms with Gasteiger partial charge in [0.2, 0.25) is 41.2 Å². The summed E-state index contributed by atoms with van der Waals surface area (Å²) in [6, 6.07) is 4.22. The summed E-state index contributed by atoms with van der Waals surface area (Å²) in [5.41, 5.74) is 1.48. The number of alkyl halides is 11. The minimum Gasteiger partial charge on any atom is -0.384 e. The van der Waals surface area contributed by atoms with E-state index < -0.39 is 185 Å². The Morgan fingerprint density at radius 2 is 0.809 bits per heavy atom. The predicted octanol–water partition coefficient (Wildman–Crippen LogP) is 1.80. The lowest BCUT2D eigenvalue weighted by Crippen LogP contribution is -2.45. The first-order chi connectivity index (χ1) is 53.8. The Bertz CT molecular complexity index is 4490. The Hall–Kier alpha value is -8.27. The Labute approximate surface area is 653 Å². The molecular formula is C66H93ClF11N17O19S. The molecular weight excluding hydrogens is 1610 g/mol. The highest BCUT2D eigenvalue weighted by Crippen LogP contribution is 2.46. The maximum atomic E-state index is 14.3. The average Bonchev–Trinajstić information content (AvgIpc) is 1.33. The van der Waals surface area contributed by atoms with E-state index >= 15 is 0 Å². The number of nitrogen functional groups attached to an aromatic ring is 1. The van der Waals surface area contributed by atoms with Gasteiger partial charge in [0.1, 0.15) is 54.6 Å². The van der Waals surface area contributed by atoms with Crippen molar-refractivity contribution >= 4 is 39.5 Å². The highest BCUT2D eigenvalue weighted by molar-refractivity contribution is 7.89. The number of carbonyl (C=O) groups is 2. The third-order valence-electron chi connectivity index (χ3n) is 17.7. The zero-order valence-corrected chi connectivity index (χ0v) is 64.7. The molecule has 0 spiro atoms. The number of aromatic nitrogens is 10. The Morgan fingerprint density at radius 1 is 0.461 bits per heavy atom. The second kappa shape index (κ2) is 41.2. The van der Waals surface area contributed by atoms with Crippen LogP contribution in [-0.2, 0) is 33.7 Å². The van der Waals surface area contributed by atoms with E-state index in [1.807, 2.05) is 20.8 Å². The number of halogens is 12. The number of hydrogen-bond donors (Lipinski definition) is 12. The van der Waals surface area contributed by atoms with Crippen molar-refractivity contribution in [2.75, 3.05) is 63.2 Å². The first-order valence-electron chi connectivity index (χ1n) is 35.9. The molecule has 5 fully saturated rings. The van der Waals surface area contributed by atoms with Crippen molar-refractivity contribution in [1.29, 1.82) is 0 Å². The van der Waals surface area contributed by atoms with Gasteiger partial charge in [0.15, 0.2) is 18.0 Å². The zero-order valence-electron chi connectivity index (χ0n) is 63.1. The Kier molecular flexibility index (Phi) is 34.3. The number of hydrogen-bond acceptors (Lipinski definition) is 26. The summed E-state index contributed by atoms with van der Waals surface area (Å²) in [7, 11) is -3.64. The summed E-state index contributed by atoms with van der Waals surface area (Å²) in [6.45, 7) is 13.7. The first kappa shape index (κ1) is 95.6. The number of aryl methyl sites for hydroxylation is 4. The van der Waals surface area contributed by atoms with Gasteiger partial charge in [-0.05, 0) is 84.2 Å². The molecule has 0 radical (unpaired) electrons. The van der Waals surface area contributed by atoms with E-state index in [9.17, 15) is 116 Å². The molecule has 13 N–H and O–H groups in total. The molecule has 0 unspecified atom stereocenters. The third kappa shape index (κ3) is 24.0. The van der Waals surface area contributed by atoms with Crippen LogP contribution in [0, 0.1) is 33.5 Å². The molecule has 49 heteroatoms. The summed E-state index contributed by atoms with van der Waals surface area (Å²) >= 11 is 5.43. The van der Waals surface area contributed by atoms with Crippen LogP contribution in [0.15, 0.2) is 79.2 Å². The Balaban J connectivity index is 0.000000224. The molecule has 0 aliphatic carbocycles.